The first kappa shape index (κ1) is 26.6. The summed E-state index contributed by atoms with van der Waals surface area (Å²) in [6.45, 7) is 2.50. The van der Waals surface area contributed by atoms with Crippen LogP contribution in [-0.4, -0.2) is 48.3 Å². The molecule has 9 heteroatoms. The van der Waals surface area contributed by atoms with E-state index in [1.54, 1.807) is 0 Å². The number of aromatic nitrogens is 5. The maximum Gasteiger partial charge on any atom is 0.352 e. The molecule has 0 saturated carbocycles. The second-order valence-corrected chi connectivity index (χ2v) is 10.7. The van der Waals surface area contributed by atoms with Crippen LogP contribution in [0.15, 0.2) is 96.1 Å². The van der Waals surface area contributed by atoms with E-state index in [0.29, 0.717) is 12.5 Å². The molecule has 2 aromatic heterocycles. The van der Waals surface area contributed by atoms with Crippen molar-refractivity contribution in [3.05, 3.63) is 130 Å². The normalized spacial score (nSPS) is 14.5. The molecule has 1 N–H and O–H groups in total. The Bertz CT molecular complexity index is 1630. The molecule has 0 radical (unpaired) electrons. The SMILES string of the molecule is Cn1nnc2c(C(=O)NCc3ccc(CC4CCN(C(c5ccccc5)c5ccccc5)CC4)cc3)ncn2c1=O. The highest BCUT2D eigenvalue weighted by atomic mass is 16.2. The monoisotopic (exact) mass is 547 g/mol. The zero-order valence-electron chi connectivity index (χ0n) is 23.1. The maximum atomic E-state index is 12.7. The van der Waals surface area contributed by atoms with Crippen molar-refractivity contribution in [2.75, 3.05) is 13.1 Å². The van der Waals surface area contributed by atoms with E-state index in [2.05, 4.69) is 110 Å². The van der Waals surface area contributed by atoms with Gasteiger partial charge in [0.15, 0.2) is 11.3 Å². The van der Waals surface area contributed by atoms with Gasteiger partial charge in [-0.2, -0.15) is 4.68 Å². The van der Waals surface area contributed by atoms with Gasteiger partial charge in [0, 0.05) is 13.6 Å². The molecule has 0 aliphatic carbocycles. The van der Waals surface area contributed by atoms with Crippen molar-refractivity contribution in [3.8, 4) is 0 Å². The highest BCUT2D eigenvalue weighted by molar-refractivity contribution is 5.97. The number of rotatable bonds is 8. The molecule has 1 amide bonds. The maximum absolute atomic E-state index is 12.7. The van der Waals surface area contributed by atoms with E-state index in [9.17, 15) is 9.59 Å². The van der Waals surface area contributed by atoms with Gasteiger partial charge in [-0.1, -0.05) is 90.1 Å². The molecule has 41 heavy (non-hydrogen) atoms. The van der Waals surface area contributed by atoms with Gasteiger partial charge >= 0.3 is 5.69 Å². The van der Waals surface area contributed by atoms with E-state index in [0.717, 1.165) is 29.8 Å². The number of imidazole rings is 1. The number of carbonyl (C=O) groups excluding carboxylic acids is 1. The summed E-state index contributed by atoms with van der Waals surface area (Å²) in [4.78, 5) is 31.5. The van der Waals surface area contributed by atoms with Crippen LogP contribution in [-0.2, 0) is 20.0 Å². The summed E-state index contributed by atoms with van der Waals surface area (Å²) >= 11 is 0. The van der Waals surface area contributed by atoms with Crippen molar-refractivity contribution in [1.29, 1.82) is 0 Å². The van der Waals surface area contributed by atoms with Crippen LogP contribution in [0.3, 0.4) is 0 Å². The molecule has 9 nitrogen and oxygen atoms in total. The largest absolute Gasteiger partial charge is 0.352 e. The molecule has 6 rings (SSSR count). The van der Waals surface area contributed by atoms with Crippen molar-refractivity contribution in [2.45, 2.75) is 31.8 Å². The Kier molecular flexibility index (Phi) is 7.69. The molecule has 208 valence electrons. The smallest absolute Gasteiger partial charge is 0.346 e. The fraction of sp³-hybridized carbons (Fsp3) is 0.281. The van der Waals surface area contributed by atoms with Gasteiger partial charge in [0.2, 0.25) is 0 Å². The first-order chi connectivity index (χ1) is 20.1. The molecule has 1 aliphatic heterocycles. The zero-order chi connectivity index (χ0) is 28.2. The molecular formula is C32H33N7O2. The van der Waals surface area contributed by atoms with E-state index < -0.39 is 11.6 Å². The summed E-state index contributed by atoms with van der Waals surface area (Å²) in [5, 5.41) is 10.6. The molecule has 0 unspecified atom stereocenters. The van der Waals surface area contributed by atoms with E-state index in [4.69, 9.17) is 0 Å². The Morgan fingerprint density at radius 3 is 2.15 bits per heavy atom. The first-order valence-electron chi connectivity index (χ1n) is 14.0. The minimum atomic E-state index is -0.407. The van der Waals surface area contributed by atoms with E-state index >= 15 is 0 Å². The topological polar surface area (TPSA) is 97.4 Å². The Morgan fingerprint density at radius 2 is 1.51 bits per heavy atom. The molecule has 0 atom stereocenters. The number of amides is 1. The number of hydrogen-bond acceptors (Lipinski definition) is 6. The van der Waals surface area contributed by atoms with Gasteiger partial charge in [0.25, 0.3) is 5.91 Å². The van der Waals surface area contributed by atoms with Crippen molar-refractivity contribution in [2.24, 2.45) is 13.0 Å². The number of likely N-dealkylation sites (tertiary alicyclic amines) is 1. The lowest BCUT2D eigenvalue weighted by molar-refractivity contribution is 0.0948. The molecule has 0 bridgehead atoms. The third-order valence-corrected chi connectivity index (χ3v) is 7.96. The standard InChI is InChI=1S/C32H33N7O2/c1-37-32(41)39-22-34-28(30(39)35-36-37)31(40)33-21-25-14-12-23(13-15-25)20-24-16-18-38(19-17-24)29(26-8-4-2-5-9-26)27-10-6-3-7-11-27/h2-15,22,24,29H,16-21H2,1H3,(H,33,40). The third kappa shape index (κ3) is 5.81. The fourth-order valence-corrected chi connectivity index (χ4v) is 5.73. The van der Waals surface area contributed by atoms with Crippen LogP contribution in [0.5, 0.6) is 0 Å². The highest BCUT2D eigenvalue weighted by Crippen LogP contribution is 2.33. The predicted octanol–water partition coefficient (Wildman–Crippen LogP) is 3.80. The van der Waals surface area contributed by atoms with Crippen LogP contribution in [0.1, 0.15) is 51.6 Å². The lowest BCUT2D eigenvalue weighted by atomic mass is 9.87. The second-order valence-electron chi connectivity index (χ2n) is 10.7. The van der Waals surface area contributed by atoms with Crippen LogP contribution < -0.4 is 11.0 Å². The van der Waals surface area contributed by atoms with E-state index in [1.165, 1.54) is 47.3 Å². The molecule has 3 heterocycles. The van der Waals surface area contributed by atoms with Gasteiger partial charge < -0.3 is 5.32 Å². The van der Waals surface area contributed by atoms with E-state index in [-0.39, 0.29) is 17.4 Å². The minimum Gasteiger partial charge on any atom is -0.346 e. The molecule has 3 aromatic carbocycles. The molecule has 5 aromatic rings. The van der Waals surface area contributed by atoms with E-state index in [1.807, 2.05) is 0 Å². The first-order valence-corrected chi connectivity index (χ1v) is 14.0. The Balaban J connectivity index is 1.03. The second kappa shape index (κ2) is 11.9. The van der Waals surface area contributed by atoms with Crippen LogP contribution in [0, 0.1) is 5.92 Å². The van der Waals surface area contributed by atoms with Gasteiger partial charge in [-0.25, -0.2) is 14.2 Å². The Labute approximate surface area is 238 Å². The summed E-state index contributed by atoms with van der Waals surface area (Å²) in [7, 11) is 1.49. The molecule has 1 aliphatic rings. The average molecular weight is 548 g/mol. The Hall–Kier alpha value is -4.63. The lowest BCUT2D eigenvalue weighted by Crippen LogP contribution is -2.37. The number of aryl methyl sites for hydroxylation is 1. The number of carbonyl (C=O) groups is 1. The van der Waals surface area contributed by atoms with Gasteiger partial charge in [-0.05, 0) is 60.5 Å². The van der Waals surface area contributed by atoms with Gasteiger partial charge in [-0.3, -0.25) is 9.69 Å². The Morgan fingerprint density at radius 1 is 0.902 bits per heavy atom. The molecule has 1 saturated heterocycles. The molecular weight excluding hydrogens is 514 g/mol. The van der Waals surface area contributed by atoms with Gasteiger partial charge in [-0.15, -0.1) is 5.10 Å². The highest BCUT2D eigenvalue weighted by Gasteiger charge is 2.27. The fourth-order valence-electron chi connectivity index (χ4n) is 5.73. The summed E-state index contributed by atoms with van der Waals surface area (Å²) in [5.41, 5.74) is 4.82. The number of nitrogens with one attached hydrogen (secondary N) is 1. The van der Waals surface area contributed by atoms with Crippen molar-refractivity contribution < 1.29 is 4.79 Å². The minimum absolute atomic E-state index is 0.0833. The summed E-state index contributed by atoms with van der Waals surface area (Å²) in [6, 6.07) is 30.4. The van der Waals surface area contributed by atoms with Crippen LogP contribution in [0.25, 0.3) is 5.65 Å². The van der Waals surface area contributed by atoms with Crippen LogP contribution in [0.2, 0.25) is 0 Å². The summed E-state index contributed by atoms with van der Waals surface area (Å²) in [5.74, 6) is 0.252. The molecule has 1 fully saturated rings. The third-order valence-electron chi connectivity index (χ3n) is 7.96. The number of benzene rings is 3. The average Bonchev–Trinajstić information content (AvgIpc) is 3.46. The lowest BCUT2D eigenvalue weighted by Gasteiger charge is -2.38. The number of fused-ring (bicyclic) bond motifs is 1. The zero-order valence-corrected chi connectivity index (χ0v) is 23.1. The summed E-state index contributed by atoms with van der Waals surface area (Å²) < 4.78 is 2.30. The quantitative estimate of drug-likeness (QED) is 0.318. The van der Waals surface area contributed by atoms with Crippen molar-refractivity contribution >= 4 is 11.6 Å². The van der Waals surface area contributed by atoms with Crippen molar-refractivity contribution in [3.63, 3.8) is 0 Å². The van der Waals surface area contributed by atoms with Gasteiger partial charge in [0.05, 0.1) is 6.04 Å². The summed E-state index contributed by atoms with van der Waals surface area (Å²) in [6.07, 6.45) is 4.68. The van der Waals surface area contributed by atoms with Crippen LogP contribution >= 0.6 is 0 Å². The van der Waals surface area contributed by atoms with Gasteiger partial charge in [0.1, 0.15) is 6.33 Å². The number of piperidine rings is 1. The number of nitrogens with zero attached hydrogens (tertiary/aromatic N) is 6. The van der Waals surface area contributed by atoms with Crippen LogP contribution in [0.4, 0.5) is 0 Å². The van der Waals surface area contributed by atoms with Crippen molar-refractivity contribution in [1.82, 2.24) is 34.6 Å². The molecule has 0 spiro atoms. The predicted molar refractivity (Wildman–Crippen MR) is 156 cm³/mol. The number of hydrogen-bond donors (Lipinski definition) is 1.